The summed E-state index contributed by atoms with van der Waals surface area (Å²) in [4.78, 5) is 30.4. The van der Waals surface area contributed by atoms with Gasteiger partial charge in [-0.1, -0.05) is 66.2 Å². The zero-order valence-corrected chi connectivity index (χ0v) is 37.9. The maximum Gasteiger partial charge on any atom is -2.00 e. The van der Waals surface area contributed by atoms with E-state index in [4.69, 9.17) is 9.47 Å². The molecule has 0 aliphatic heterocycles. The summed E-state index contributed by atoms with van der Waals surface area (Å²) >= 11 is 11.0. The van der Waals surface area contributed by atoms with Gasteiger partial charge in [-0.2, -0.15) is 25.3 Å². The fourth-order valence-corrected chi connectivity index (χ4v) is 2.49. The van der Waals surface area contributed by atoms with Crippen LogP contribution in [0.1, 0.15) is 79.1 Å². The smallest absolute Gasteiger partial charge is 2.00 e. The van der Waals surface area contributed by atoms with Crippen molar-refractivity contribution in [1.29, 1.82) is 0 Å². The average Bonchev–Trinajstić information content (AvgIpc) is 2.87. The molecule has 4 nitrogen and oxygen atoms in total. The van der Waals surface area contributed by atoms with Crippen LogP contribution in [0, 0.1) is 11.8 Å². The Labute approximate surface area is 308 Å². The fraction of sp³-hybridized carbons (Fsp3) is 0.917. The maximum absolute atomic E-state index is 10.8. The minimum absolute atomic E-state index is 0. The van der Waals surface area contributed by atoms with E-state index in [-0.39, 0.29) is 98.6 Å². The molecule has 0 fully saturated rings. The quantitative estimate of drug-likeness (QED) is 0.118. The number of carbonyl (C=O) groups excluding carboxylic acids is 2. The number of unbranched alkanes of at least 4 members (excludes halogenated alkanes) is 2. The third-order valence-corrected chi connectivity index (χ3v) is 4.82. The molecule has 0 saturated carbocycles. The van der Waals surface area contributed by atoms with Gasteiger partial charge < -0.3 is 63.5 Å². The van der Waals surface area contributed by atoms with Gasteiger partial charge in [0.05, 0.1) is 24.7 Å². The number of hydrogen-bond donors (Lipinski definition) is 2. The second-order valence-corrected chi connectivity index (χ2v) is 10.5. The van der Waals surface area contributed by atoms with Crippen LogP contribution >= 0.6 is 25.3 Å². The Kier molecular flexibility index (Phi) is 108. The van der Waals surface area contributed by atoms with Gasteiger partial charge in [0.15, 0.2) is 0 Å². The van der Waals surface area contributed by atoms with Crippen LogP contribution < -0.4 is 0 Å². The molecule has 37 heavy (non-hydrogen) atoms. The molecule has 0 aromatic rings. The summed E-state index contributed by atoms with van der Waals surface area (Å²) in [5.74, 6) is 1.01. The summed E-state index contributed by atoms with van der Waals surface area (Å²) in [6.45, 7) is 9.74. The van der Waals surface area contributed by atoms with Gasteiger partial charge >= 0.3 is 97.9 Å². The Morgan fingerprint density at radius 2 is 0.919 bits per heavy atom. The summed E-state index contributed by atoms with van der Waals surface area (Å²) < 4.78 is 10.1. The van der Waals surface area contributed by atoms with E-state index in [1.807, 2.05) is 0 Å². The molecule has 0 saturated heterocycles. The molecule has 13 heteroatoms. The number of rotatable bonds is 14. The van der Waals surface area contributed by atoms with Crippen LogP contribution in [0.2, 0.25) is 19.8 Å². The molecule has 0 aliphatic carbocycles. The SMILES string of the molecule is CCCCC(CC)COC(=O)CS.CCCCC(CC)COC(=O)CS.[CH3][Sn+2][CH3].[CH3][Sn+3].[CH3][Sn+3].[S-2].[S-2].[S-2].[S-2]. The summed E-state index contributed by atoms with van der Waals surface area (Å²) in [7, 11) is 0. The Morgan fingerprint density at radius 1 is 0.676 bits per heavy atom. The topological polar surface area (TPSA) is 52.6 Å². The van der Waals surface area contributed by atoms with Crippen LogP contribution in [0.4, 0.5) is 0 Å². The molecule has 0 amide bonds. The molecule has 2 atom stereocenters. The number of carbonyl (C=O) groups is 2. The standard InChI is InChI=1S/2C10H20O2S.4CH3.4S.3Sn/c2*1-3-5-6-9(4-2)7-12-10(11)8-13;;;;;;;;;;;/h2*9,13H,3-8H2,1-2H3;4*1H3;;;;;;;/q;;;;;;4*-2;+2;2*+3. The number of esters is 2. The molecule has 2 unspecified atom stereocenters. The first-order valence-corrected chi connectivity index (χ1v) is 24.7. The van der Waals surface area contributed by atoms with Crippen LogP contribution in [0.15, 0.2) is 0 Å². The van der Waals surface area contributed by atoms with Crippen molar-refractivity contribution in [3.8, 4) is 0 Å². The van der Waals surface area contributed by atoms with Gasteiger partial charge in [-0.25, -0.2) is 0 Å². The molecule has 220 valence electrons. The van der Waals surface area contributed by atoms with E-state index in [9.17, 15) is 9.59 Å². The van der Waals surface area contributed by atoms with Crippen LogP contribution in [-0.4, -0.2) is 103 Å². The third-order valence-electron chi connectivity index (χ3n) is 4.30. The molecule has 0 aromatic carbocycles. The van der Waals surface area contributed by atoms with Gasteiger partial charge in [0.2, 0.25) is 0 Å². The van der Waals surface area contributed by atoms with E-state index >= 15 is 0 Å². The van der Waals surface area contributed by atoms with Crippen LogP contribution in [0.5, 0.6) is 0 Å². The van der Waals surface area contributed by atoms with Gasteiger partial charge in [-0.15, -0.1) is 0 Å². The van der Waals surface area contributed by atoms with Gasteiger partial charge in [0, 0.05) is 0 Å². The van der Waals surface area contributed by atoms with Gasteiger partial charge in [-0.05, 0) is 24.7 Å². The second-order valence-electron chi connectivity index (χ2n) is 7.02. The van der Waals surface area contributed by atoms with E-state index in [1.165, 1.54) is 25.7 Å². The molecular formula is C24H52O4S6Sn3. The number of ether oxygens (including phenoxy) is 2. The molecule has 0 radical (unpaired) electrons. The zero-order chi connectivity index (χ0) is 26.9. The van der Waals surface area contributed by atoms with Crippen LogP contribution in [0.25, 0.3) is 0 Å². The minimum Gasteiger partial charge on any atom is -2.00 e. The van der Waals surface area contributed by atoms with Gasteiger partial charge in [0.25, 0.3) is 0 Å². The van der Waals surface area contributed by atoms with Crippen LogP contribution in [0.3, 0.4) is 0 Å². The minimum atomic E-state index is -0.210. The largest absolute Gasteiger partial charge is 2.00 e. The predicted octanol–water partition coefficient (Wildman–Crippen LogP) is 6.53. The van der Waals surface area contributed by atoms with Crippen molar-refractivity contribution in [2.75, 3.05) is 24.7 Å². The van der Waals surface area contributed by atoms with Crippen LogP contribution in [-0.2, 0) is 73.0 Å². The first-order valence-electron chi connectivity index (χ1n) is 12.0. The molecule has 0 aromatic heterocycles. The molecule has 0 aliphatic rings. The molecular weight excluding hydrogens is 901 g/mol. The Bertz CT molecular complexity index is 347. The molecule has 0 rings (SSSR count). The van der Waals surface area contributed by atoms with Crippen molar-refractivity contribution < 1.29 is 19.1 Å². The summed E-state index contributed by atoms with van der Waals surface area (Å²) in [6.07, 6.45) is 9.33. The molecule has 0 spiro atoms. The first-order chi connectivity index (χ1) is 15.9. The summed E-state index contributed by atoms with van der Waals surface area (Å²) in [5.41, 5.74) is 0. The summed E-state index contributed by atoms with van der Waals surface area (Å²) in [6, 6.07) is 0. The van der Waals surface area contributed by atoms with Crippen molar-refractivity contribution in [2.45, 2.75) is 98.8 Å². The fourth-order valence-electron chi connectivity index (χ4n) is 2.31. The molecule has 0 heterocycles. The van der Waals surface area contributed by atoms with Crippen molar-refractivity contribution in [2.24, 2.45) is 11.8 Å². The van der Waals surface area contributed by atoms with Crippen molar-refractivity contribution in [1.82, 2.24) is 0 Å². The Hall–Kier alpha value is 3.44. The summed E-state index contributed by atoms with van der Waals surface area (Å²) in [5, 5.41) is 0. The van der Waals surface area contributed by atoms with Crippen molar-refractivity contribution >= 4 is 157 Å². The normalized spacial score (nSPS) is 9.46. The van der Waals surface area contributed by atoms with E-state index in [0.29, 0.717) is 25.0 Å². The van der Waals surface area contributed by atoms with Gasteiger partial charge in [0.1, 0.15) is 0 Å². The Balaban J connectivity index is -0.0000000446. The molecule has 0 bridgehead atoms. The number of hydrogen-bond acceptors (Lipinski definition) is 6. The predicted molar refractivity (Wildman–Crippen MR) is 186 cm³/mol. The van der Waals surface area contributed by atoms with E-state index in [1.54, 1.807) is 45.0 Å². The molecule has 0 N–H and O–H groups in total. The average molecular weight is 953 g/mol. The number of thiol groups is 2. The zero-order valence-electron chi connectivity index (χ0n) is 24.3. The maximum atomic E-state index is 10.8. The second kappa shape index (κ2) is 62.9. The van der Waals surface area contributed by atoms with Crippen molar-refractivity contribution in [3.05, 3.63) is 0 Å². The first kappa shape index (κ1) is 63.6. The van der Waals surface area contributed by atoms with Gasteiger partial charge in [-0.3, -0.25) is 9.59 Å². The van der Waals surface area contributed by atoms with Crippen molar-refractivity contribution in [3.63, 3.8) is 0 Å². The third kappa shape index (κ3) is 63.8. The Morgan fingerprint density at radius 3 is 1.08 bits per heavy atom. The monoisotopic (exact) mass is 956 g/mol. The van der Waals surface area contributed by atoms with E-state index in [2.05, 4.69) is 72.7 Å². The van der Waals surface area contributed by atoms with E-state index < -0.39 is 0 Å². The van der Waals surface area contributed by atoms with E-state index in [0.717, 1.165) is 25.7 Å².